The van der Waals surface area contributed by atoms with E-state index >= 15 is 0 Å². The number of carbonyl (C=O) groups is 2. The maximum absolute atomic E-state index is 14.6. The molecule has 0 unspecified atom stereocenters. The van der Waals surface area contributed by atoms with Crippen LogP contribution in [0.15, 0.2) is 48.7 Å². The van der Waals surface area contributed by atoms with E-state index in [2.05, 4.69) is 4.98 Å². The number of ether oxygens (including phenoxy) is 1. The average Bonchev–Trinajstić information content (AvgIpc) is 3.32. The van der Waals surface area contributed by atoms with Crippen LogP contribution in [0.5, 0.6) is 5.75 Å². The number of pyridine rings is 1. The van der Waals surface area contributed by atoms with Gasteiger partial charge in [-0.1, -0.05) is 36.9 Å². The number of aromatic nitrogens is 1. The predicted molar refractivity (Wildman–Crippen MR) is 147 cm³/mol. The summed E-state index contributed by atoms with van der Waals surface area (Å²) < 4.78 is 34.7. The lowest BCUT2D eigenvalue weighted by Crippen LogP contribution is -2.40. The molecule has 1 amide bonds. The van der Waals surface area contributed by atoms with Gasteiger partial charge in [0.05, 0.1) is 22.2 Å². The summed E-state index contributed by atoms with van der Waals surface area (Å²) in [6.07, 6.45) is 6.03. The fourth-order valence-corrected chi connectivity index (χ4v) is 6.62. The highest BCUT2D eigenvalue weighted by Crippen LogP contribution is 2.40. The fraction of sp³-hybridized carbons (Fsp3) is 0.276. The van der Waals surface area contributed by atoms with E-state index in [0.717, 1.165) is 61.1 Å². The van der Waals surface area contributed by atoms with Crippen LogP contribution in [0.25, 0.3) is 21.2 Å². The zero-order valence-electron chi connectivity index (χ0n) is 21.0. The highest BCUT2D eigenvalue weighted by Gasteiger charge is 2.31. The number of aromatic carboxylic acids is 1. The second-order valence-electron chi connectivity index (χ2n) is 9.46. The maximum Gasteiger partial charge on any atom is 0.354 e. The molecular formula is C29H25ClF2N2O4S. The van der Waals surface area contributed by atoms with E-state index in [-0.39, 0.29) is 38.3 Å². The number of carbonyl (C=O) groups excluding carboxylic acids is 1. The van der Waals surface area contributed by atoms with Crippen LogP contribution in [-0.4, -0.2) is 40.0 Å². The van der Waals surface area contributed by atoms with Crippen molar-refractivity contribution in [1.29, 1.82) is 0 Å². The summed E-state index contributed by atoms with van der Waals surface area (Å²) in [6, 6.07) is 10.6. The molecule has 6 nitrogen and oxygen atoms in total. The zero-order valence-corrected chi connectivity index (χ0v) is 22.6. The molecule has 2 aromatic heterocycles. The van der Waals surface area contributed by atoms with Crippen molar-refractivity contribution in [3.05, 3.63) is 81.5 Å². The Bertz CT molecular complexity index is 1570. The Hall–Kier alpha value is -3.56. The quantitative estimate of drug-likeness (QED) is 0.248. The SMILES string of the molecule is COc1ccc(-c2ccnc(C(=O)O)c2)cc1CN(C(=O)c1sc2c(F)ccc(F)c2c1Cl)C1CCCCC1. The Morgan fingerprint density at radius 2 is 1.79 bits per heavy atom. The smallest absolute Gasteiger partial charge is 0.354 e. The molecule has 202 valence electrons. The van der Waals surface area contributed by atoms with Gasteiger partial charge in [-0.3, -0.25) is 4.79 Å². The van der Waals surface area contributed by atoms with E-state index in [9.17, 15) is 23.5 Å². The number of methoxy groups -OCH3 is 1. The fourth-order valence-electron chi connectivity index (χ4n) is 5.12. The molecule has 0 atom stereocenters. The first kappa shape index (κ1) is 27.0. The van der Waals surface area contributed by atoms with E-state index in [1.807, 2.05) is 12.1 Å². The van der Waals surface area contributed by atoms with Crippen LogP contribution in [0, 0.1) is 11.6 Å². The van der Waals surface area contributed by atoms with Crippen molar-refractivity contribution in [1.82, 2.24) is 9.88 Å². The second-order valence-corrected chi connectivity index (χ2v) is 10.9. The van der Waals surface area contributed by atoms with Crippen LogP contribution in [0.4, 0.5) is 8.78 Å². The number of carboxylic acids is 1. The van der Waals surface area contributed by atoms with E-state index in [1.165, 1.54) is 19.4 Å². The van der Waals surface area contributed by atoms with Gasteiger partial charge >= 0.3 is 5.97 Å². The third-order valence-corrected chi connectivity index (χ3v) is 8.76. The molecule has 1 saturated carbocycles. The van der Waals surface area contributed by atoms with Gasteiger partial charge in [-0.05, 0) is 60.4 Å². The summed E-state index contributed by atoms with van der Waals surface area (Å²) in [5.41, 5.74) is 2.01. The number of thiophene rings is 1. The number of carboxylic acid groups (broad SMARTS) is 1. The van der Waals surface area contributed by atoms with Gasteiger partial charge in [-0.15, -0.1) is 11.3 Å². The number of nitrogens with zero attached hydrogens (tertiary/aromatic N) is 2. The molecule has 10 heteroatoms. The van der Waals surface area contributed by atoms with Crippen molar-refractivity contribution in [3.8, 4) is 16.9 Å². The van der Waals surface area contributed by atoms with Crippen LogP contribution in [0.3, 0.4) is 0 Å². The lowest BCUT2D eigenvalue weighted by Gasteiger charge is -2.34. The topological polar surface area (TPSA) is 79.7 Å². The van der Waals surface area contributed by atoms with Crippen LogP contribution < -0.4 is 4.74 Å². The minimum absolute atomic E-state index is 0.0124. The van der Waals surface area contributed by atoms with Crippen LogP contribution >= 0.6 is 22.9 Å². The van der Waals surface area contributed by atoms with E-state index < -0.39 is 23.5 Å². The minimum atomic E-state index is -1.13. The van der Waals surface area contributed by atoms with Crippen LogP contribution in [0.1, 0.15) is 57.8 Å². The summed E-state index contributed by atoms with van der Waals surface area (Å²) in [6.45, 7) is 0.174. The van der Waals surface area contributed by atoms with Gasteiger partial charge in [0.15, 0.2) is 0 Å². The van der Waals surface area contributed by atoms with Gasteiger partial charge in [-0.25, -0.2) is 18.6 Å². The third-order valence-electron chi connectivity index (χ3n) is 7.09. The lowest BCUT2D eigenvalue weighted by molar-refractivity contribution is 0.0617. The van der Waals surface area contributed by atoms with Crippen molar-refractivity contribution in [2.45, 2.75) is 44.7 Å². The summed E-state index contributed by atoms with van der Waals surface area (Å²) in [5.74, 6) is -2.28. The van der Waals surface area contributed by atoms with Gasteiger partial charge in [0.1, 0.15) is 28.0 Å². The first-order chi connectivity index (χ1) is 18.8. The first-order valence-corrected chi connectivity index (χ1v) is 13.7. The number of amides is 1. The number of fused-ring (bicyclic) bond motifs is 1. The van der Waals surface area contributed by atoms with Crippen molar-refractivity contribution in [2.24, 2.45) is 0 Å². The molecule has 0 spiro atoms. The van der Waals surface area contributed by atoms with E-state index in [1.54, 1.807) is 17.0 Å². The van der Waals surface area contributed by atoms with Crippen molar-refractivity contribution < 1.29 is 28.2 Å². The molecule has 4 aromatic rings. The molecule has 1 N–H and O–H groups in total. The molecule has 1 aliphatic rings. The Morgan fingerprint density at radius 3 is 2.49 bits per heavy atom. The lowest BCUT2D eigenvalue weighted by atomic mass is 9.93. The highest BCUT2D eigenvalue weighted by molar-refractivity contribution is 7.21. The molecule has 1 aliphatic carbocycles. The number of rotatable bonds is 7. The van der Waals surface area contributed by atoms with Gasteiger partial charge in [0, 0.05) is 24.3 Å². The monoisotopic (exact) mass is 570 g/mol. The average molecular weight is 571 g/mol. The van der Waals surface area contributed by atoms with Gasteiger partial charge in [0.2, 0.25) is 0 Å². The summed E-state index contributed by atoms with van der Waals surface area (Å²) in [4.78, 5) is 31.2. The molecule has 39 heavy (non-hydrogen) atoms. The molecule has 0 radical (unpaired) electrons. The minimum Gasteiger partial charge on any atom is -0.496 e. The zero-order chi connectivity index (χ0) is 27.7. The molecule has 0 aliphatic heterocycles. The summed E-state index contributed by atoms with van der Waals surface area (Å²) in [5, 5.41) is 9.18. The molecule has 2 heterocycles. The summed E-state index contributed by atoms with van der Waals surface area (Å²) in [7, 11) is 1.54. The molecular weight excluding hydrogens is 546 g/mol. The Kier molecular flexibility index (Phi) is 7.81. The highest BCUT2D eigenvalue weighted by atomic mass is 35.5. The Labute approximate surface area is 232 Å². The number of hydrogen-bond donors (Lipinski definition) is 1. The van der Waals surface area contributed by atoms with Gasteiger partial charge in [-0.2, -0.15) is 0 Å². The van der Waals surface area contributed by atoms with Crippen molar-refractivity contribution >= 4 is 44.9 Å². The first-order valence-electron chi connectivity index (χ1n) is 12.5. The van der Waals surface area contributed by atoms with Crippen LogP contribution in [0.2, 0.25) is 5.02 Å². The number of hydrogen-bond acceptors (Lipinski definition) is 5. The third kappa shape index (κ3) is 5.33. The Balaban J connectivity index is 1.57. The maximum atomic E-state index is 14.6. The Morgan fingerprint density at radius 1 is 1.08 bits per heavy atom. The standard InChI is InChI=1S/C29H25ClF2N2O4S/c1-38-23-10-7-16(17-11-12-33-22(14-17)29(36)37)13-18(23)15-34(19-5-3-2-4-6-19)28(35)27-25(30)24-20(31)8-9-21(32)26(24)39-27/h7-14,19H,2-6,15H2,1H3,(H,36,37). The normalized spacial score (nSPS) is 13.9. The summed E-state index contributed by atoms with van der Waals surface area (Å²) >= 11 is 7.36. The molecule has 0 bridgehead atoms. The van der Waals surface area contributed by atoms with E-state index in [4.69, 9.17) is 16.3 Å². The van der Waals surface area contributed by atoms with Crippen molar-refractivity contribution in [3.63, 3.8) is 0 Å². The molecule has 0 saturated heterocycles. The van der Waals surface area contributed by atoms with Crippen molar-refractivity contribution in [2.75, 3.05) is 7.11 Å². The largest absolute Gasteiger partial charge is 0.496 e. The molecule has 5 rings (SSSR count). The molecule has 1 fully saturated rings. The second kappa shape index (κ2) is 11.3. The van der Waals surface area contributed by atoms with E-state index in [0.29, 0.717) is 16.9 Å². The van der Waals surface area contributed by atoms with Gasteiger partial charge < -0.3 is 14.7 Å². The number of halogens is 3. The predicted octanol–water partition coefficient (Wildman–Crippen LogP) is 7.58. The molecule has 2 aromatic carbocycles. The number of benzene rings is 2. The van der Waals surface area contributed by atoms with Crippen LogP contribution in [-0.2, 0) is 6.54 Å². The van der Waals surface area contributed by atoms with Gasteiger partial charge in [0.25, 0.3) is 5.91 Å².